The summed E-state index contributed by atoms with van der Waals surface area (Å²) in [6.45, 7) is 0. The Bertz CT molecular complexity index is 3140. The zero-order valence-electron chi connectivity index (χ0n) is 31.1. The van der Waals surface area contributed by atoms with Crippen molar-refractivity contribution in [1.82, 2.24) is 4.57 Å². The van der Waals surface area contributed by atoms with Crippen molar-refractivity contribution in [1.29, 1.82) is 0 Å². The van der Waals surface area contributed by atoms with E-state index < -0.39 is 0 Å². The molecule has 0 aliphatic carbocycles. The van der Waals surface area contributed by atoms with Crippen LogP contribution in [0.3, 0.4) is 0 Å². The van der Waals surface area contributed by atoms with Crippen molar-refractivity contribution in [3.63, 3.8) is 0 Å². The minimum Gasteiger partial charge on any atom is -0.311 e. The number of anilines is 3. The lowest BCUT2D eigenvalue weighted by Gasteiger charge is -2.26. The molecule has 0 atom stereocenters. The molecule has 0 unspecified atom stereocenters. The monoisotopic (exact) mass is 744 g/mol. The summed E-state index contributed by atoms with van der Waals surface area (Å²) >= 11 is 1.86. The van der Waals surface area contributed by atoms with Crippen molar-refractivity contribution in [2.75, 3.05) is 4.90 Å². The Labute approximate surface area is 335 Å². The van der Waals surface area contributed by atoms with E-state index in [1.807, 2.05) is 11.3 Å². The molecule has 0 saturated carbocycles. The van der Waals surface area contributed by atoms with E-state index in [-0.39, 0.29) is 0 Å². The van der Waals surface area contributed by atoms with Crippen LogP contribution < -0.4 is 4.90 Å². The van der Waals surface area contributed by atoms with Crippen molar-refractivity contribution in [3.05, 3.63) is 218 Å². The molecule has 2 nitrogen and oxygen atoms in total. The molecule has 0 amide bonds. The van der Waals surface area contributed by atoms with Crippen LogP contribution >= 0.6 is 11.3 Å². The number of thiophene rings is 1. The zero-order valence-corrected chi connectivity index (χ0v) is 31.9. The molecule has 0 N–H and O–H groups in total. The summed E-state index contributed by atoms with van der Waals surface area (Å²) in [5.41, 5.74) is 14.2. The van der Waals surface area contributed by atoms with Gasteiger partial charge in [-0.2, -0.15) is 0 Å². The first-order valence-corrected chi connectivity index (χ1v) is 20.2. The van der Waals surface area contributed by atoms with Crippen LogP contribution in [-0.2, 0) is 0 Å². The number of nitrogens with zero attached hydrogens (tertiary/aromatic N) is 2. The lowest BCUT2D eigenvalue weighted by molar-refractivity contribution is 1.18. The number of aromatic nitrogens is 1. The topological polar surface area (TPSA) is 8.17 Å². The van der Waals surface area contributed by atoms with Gasteiger partial charge in [0.15, 0.2) is 0 Å². The van der Waals surface area contributed by atoms with Crippen LogP contribution in [0.15, 0.2) is 218 Å². The fourth-order valence-corrected chi connectivity index (χ4v) is 9.62. The van der Waals surface area contributed by atoms with Gasteiger partial charge in [0.25, 0.3) is 0 Å². The fourth-order valence-electron chi connectivity index (χ4n) is 8.49. The first kappa shape index (κ1) is 33.2. The highest BCUT2D eigenvalue weighted by Crippen LogP contribution is 2.42. The number of hydrogen-bond acceptors (Lipinski definition) is 2. The highest BCUT2D eigenvalue weighted by Gasteiger charge is 2.16. The summed E-state index contributed by atoms with van der Waals surface area (Å²) in [4.78, 5) is 2.36. The quantitative estimate of drug-likeness (QED) is 0.158. The van der Waals surface area contributed by atoms with E-state index in [0.717, 1.165) is 22.7 Å². The van der Waals surface area contributed by atoms with E-state index in [2.05, 4.69) is 228 Å². The van der Waals surface area contributed by atoms with Crippen LogP contribution in [0.25, 0.3) is 81.0 Å². The van der Waals surface area contributed by atoms with Gasteiger partial charge in [-0.1, -0.05) is 146 Å². The highest BCUT2D eigenvalue weighted by atomic mass is 32.1. The van der Waals surface area contributed by atoms with Gasteiger partial charge < -0.3 is 9.47 Å². The molecule has 0 saturated heterocycles. The Morgan fingerprint density at radius 2 is 0.754 bits per heavy atom. The SMILES string of the molecule is c1ccc(-c2ccc(N(c3ccc(-c4ccc(-n5c6ccccc6c6ccccc65)cc4)cc3)c3ccc(-c4cccc5sc6ccccc6c45)cc3)cc2)cc1. The average Bonchev–Trinajstić information content (AvgIpc) is 3.84. The van der Waals surface area contributed by atoms with Crippen LogP contribution in [0, 0.1) is 0 Å². The van der Waals surface area contributed by atoms with E-state index >= 15 is 0 Å². The average molecular weight is 745 g/mol. The second-order valence-electron chi connectivity index (χ2n) is 14.5. The third kappa shape index (κ3) is 5.80. The minimum absolute atomic E-state index is 1.10. The summed E-state index contributed by atoms with van der Waals surface area (Å²) in [5, 5.41) is 5.20. The summed E-state index contributed by atoms with van der Waals surface area (Å²) in [7, 11) is 0. The third-order valence-corrected chi connectivity index (χ3v) is 12.4. The molecule has 11 rings (SSSR count). The smallest absolute Gasteiger partial charge is 0.0541 e. The lowest BCUT2D eigenvalue weighted by Crippen LogP contribution is -2.09. The van der Waals surface area contributed by atoms with Crippen molar-refractivity contribution in [3.8, 4) is 39.1 Å². The molecular weight excluding hydrogens is 709 g/mol. The number of benzene rings is 9. The largest absolute Gasteiger partial charge is 0.311 e. The van der Waals surface area contributed by atoms with Crippen molar-refractivity contribution >= 4 is 70.4 Å². The molecule has 2 aromatic heterocycles. The molecule has 0 fully saturated rings. The molecule has 0 aliphatic heterocycles. The number of para-hydroxylation sites is 2. The molecule has 0 aliphatic rings. The van der Waals surface area contributed by atoms with Gasteiger partial charge in [0.1, 0.15) is 0 Å². The van der Waals surface area contributed by atoms with Crippen LogP contribution in [-0.4, -0.2) is 4.57 Å². The van der Waals surface area contributed by atoms with Crippen LogP contribution in [0.2, 0.25) is 0 Å². The standard InChI is InChI=1S/C54H36N2S/c1-2-11-37(12-3-1)38-21-29-42(30-22-38)55(44-35-27-41(28-36-44)46-16-10-20-53-54(46)49-15-6-9-19-52(49)57-53)43-31-23-39(24-32-43)40-25-33-45(34-26-40)56-50-17-7-4-13-47(50)48-14-5-8-18-51(48)56/h1-36H. The van der Waals surface area contributed by atoms with Gasteiger partial charge in [-0.25, -0.2) is 0 Å². The van der Waals surface area contributed by atoms with Crippen molar-refractivity contribution < 1.29 is 0 Å². The van der Waals surface area contributed by atoms with Crippen LogP contribution in [0.1, 0.15) is 0 Å². The van der Waals surface area contributed by atoms with Gasteiger partial charge in [-0.05, 0) is 106 Å². The second-order valence-corrected chi connectivity index (χ2v) is 15.6. The van der Waals surface area contributed by atoms with Gasteiger partial charge in [-0.3, -0.25) is 0 Å². The maximum absolute atomic E-state index is 2.37. The molecular formula is C54H36N2S. The number of fused-ring (bicyclic) bond motifs is 6. The minimum atomic E-state index is 1.10. The molecule has 3 heteroatoms. The fraction of sp³-hybridized carbons (Fsp3) is 0. The predicted octanol–water partition coefficient (Wildman–Crippen LogP) is 15.6. The van der Waals surface area contributed by atoms with Crippen LogP contribution in [0.4, 0.5) is 17.1 Å². The second kappa shape index (κ2) is 13.8. The molecule has 0 radical (unpaired) electrons. The normalized spacial score (nSPS) is 11.5. The Balaban J connectivity index is 0.952. The van der Waals surface area contributed by atoms with Gasteiger partial charge in [0.05, 0.1) is 11.0 Å². The van der Waals surface area contributed by atoms with Gasteiger partial charge >= 0.3 is 0 Å². The number of rotatable bonds is 7. The van der Waals surface area contributed by atoms with E-state index in [1.165, 1.54) is 75.4 Å². The Morgan fingerprint density at radius 1 is 0.316 bits per heavy atom. The molecule has 268 valence electrons. The summed E-state index contributed by atoms with van der Waals surface area (Å²) < 4.78 is 5.01. The molecule has 2 heterocycles. The van der Waals surface area contributed by atoms with E-state index in [0.29, 0.717) is 0 Å². The maximum atomic E-state index is 2.37. The molecule has 57 heavy (non-hydrogen) atoms. The molecule has 11 aromatic rings. The summed E-state index contributed by atoms with van der Waals surface area (Å²) in [6.07, 6.45) is 0. The van der Waals surface area contributed by atoms with Crippen LogP contribution in [0.5, 0.6) is 0 Å². The summed E-state index contributed by atoms with van der Waals surface area (Å²) in [6, 6.07) is 79.2. The summed E-state index contributed by atoms with van der Waals surface area (Å²) in [5.74, 6) is 0. The first-order valence-electron chi connectivity index (χ1n) is 19.4. The zero-order chi connectivity index (χ0) is 37.7. The Hall–Kier alpha value is -7.20. The Kier molecular flexibility index (Phi) is 8.04. The maximum Gasteiger partial charge on any atom is 0.0541 e. The highest BCUT2D eigenvalue weighted by molar-refractivity contribution is 7.25. The Morgan fingerprint density at radius 3 is 1.33 bits per heavy atom. The van der Waals surface area contributed by atoms with Crippen molar-refractivity contribution in [2.45, 2.75) is 0 Å². The van der Waals surface area contributed by atoms with Crippen molar-refractivity contribution in [2.24, 2.45) is 0 Å². The third-order valence-electron chi connectivity index (χ3n) is 11.2. The number of hydrogen-bond donors (Lipinski definition) is 0. The van der Waals surface area contributed by atoms with Gasteiger partial charge in [-0.15, -0.1) is 11.3 Å². The van der Waals surface area contributed by atoms with Gasteiger partial charge in [0.2, 0.25) is 0 Å². The first-order chi connectivity index (χ1) is 28.3. The van der Waals surface area contributed by atoms with E-state index in [1.54, 1.807) is 0 Å². The lowest BCUT2D eigenvalue weighted by atomic mass is 9.99. The predicted molar refractivity (Wildman–Crippen MR) is 245 cm³/mol. The molecule has 9 aromatic carbocycles. The van der Waals surface area contributed by atoms with E-state index in [9.17, 15) is 0 Å². The van der Waals surface area contributed by atoms with Gasteiger partial charge in [0, 0.05) is 53.7 Å². The molecule has 0 spiro atoms. The van der Waals surface area contributed by atoms with E-state index in [4.69, 9.17) is 0 Å². The molecule has 0 bridgehead atoms.